The number of rotatable bonds is 3. The first kappa shape index (κ1) is 14.0. The SMILES string of the molecule is O=C(O)c1ccccc1C(=O)N1CC2CC2(c2ccccc2)C1. The summed E-state index contributed by atoms with van der Waals surface area (Å²) >= 11 is 0. The van der Waals surface area contributed by atoms with Gasteiger partial charge in [0.05, 0.1) is 11.1 Å². The molecule has 1 N–H and O–H groups in total. The molecule has 2 fully saturated rings. The van der Waals surface area contributed by atoms with E-state index in [0.717, 1.165) is 6.42 Å². The monoisotopic (exact) mass is 307 g/mol. The predicted octanol–water partition coefficient (Wildman–Crippen LogP) is 2.80. The van der Waals surface area contributed by atoms with E-state index in [0.29, 0.717) is 19.0 Å². The number of likely N-dealkylation sites (tertiary alicyclic amines) is 1. The van der Waals surface area contributed by atoms with Gasteiger partial charge >= 0.3 is 5.97 Å². The summed E-state index contributed by atoms with van der Waals surface area (Å²) in [5.41, 5.74) is 1.72. The number of fused-ring (bicyclic) bond motifs is 1. The quantitative estimate of drug-likeness (QED) is 0.948. The Bertz CT molecular complexity index is 786. The van der Waals surface area contributed by atoms with Gasteiger partial charge in [0.15, 0.2) is 0 Å². The van der Waals surface area contributed by atoms with Crippen molar-refractivity contribution < 1.29 is 14.7 Å². The van der Waals surface area contributed by atoms with Gasteiger partial charge in [-0.3, -0.25) is 4.79 Å². The second kappa shape index (κ2) is 4.95. The molecule has 2 aliphatic rings. The molecule has 4 heteroatoms. The molecule has 1 aliphatic heterocycles. The largest absolute Gasteiger partial charge is 0.478 e. The van der Waals surface area contributed by atoms with Gasteiger partial charge in [-0.1, -0.05) is 42.5 Å². The van der Waals surface area contributed by atoms with Gasteiger partial charge < -0.3 is 10.0 Å². The summed E-state index contributed by atoms with van der Waals surface area (Å²) in [4.78, 5) is 25.9. The summed E-state index contributed by atoms with van der Waals surface area (Å²) in [6.45, 7) is 1.39. The molecule has 1 heterocycles. The number of benzene rings is 2. The number of carbonyl (C=O) groups is 2. The zero-order chi connectivity index (χ0) is 16.0. The standard InChI is InChI=1S/C19H17NO3/c21-17(15-8-4-5-9-16(15)18(22)23)20-11-14-10-19(14,12-20)13-6-2-1-3-7-13/h1-9,14H,10-12H2,(H,22,23). The lowest BCUT2D eigenvalue weighted by molar-refractivity contribution is 0.0678. The molecule has 2 unspecified atom stereocenters. The molecule has 1 aliphatic carbocycles. The van der Waals surface area contributed by atoms with Gasteiger partial charge in [-0.05, 0) is 30.0 Å². The van der Waals surface area contributed by atoms with E-state index in [1.807, 2.05) is 23.1 Å². The van der Waals surface area contributed by atoms with E-state index in [1.165, 1.54) is 11.6 Å². The zero-order valence-electron chi connectivity index (χ0n) is 12.6. The first-order valence-corrected chi connectivity index (χ1v) is 7.79. The van der Waals surface area contributed by atoms with Crippen molar-refractivity contribution in [1.82, 2.24) is 4.90 Å². The van der Waals surface area contributed by atoms with Crippen molar-refractivity contribution in [2.24, 2.45) is 5.92 Å². The molecule has 2 aromatic carbocycles. The normalized spacial score (nSPS) is 25.0. The lowest BCUT2D eigenvalue weighted by Crippen LogP contribution is -2.33. The van der Waals surface area contributed by atoms with Crippen LogP contribution < -0.4 is 0 Å². The van der Waals surface area contributed by atoms with Crippen LogP contribution in [0.25, 0.3) is 0 Å². The van der Waals surface area contributed by atoms with E-state index in [1.54, 1.807) is 18.2 Å². The first-order valence-electron chi connectivity index (χ1n) is 7.79. The minimum absolute atomic E-state index is 0.0758. The number of carboxylic acids is 1. The van der Waals surface area contributed by atoms with Crippen LogP contribution in [0.3, 0.4) is 0 Å². The number of aromatic carboxylic acids is 1. The van der Waals surface area contributed by atoms with Gasteiger partial charge in [-0.25, -0.2) is 4.79 Å². The second-order valence-electron chi connectivity index (χ2n) is 6.46. The van der Waals surface area contributed by atoms with E-state index in [9.17, 15) is 14.7 Å². The summed E-state index contributed by atoms with van der Waals surface area (Å²) in [6, 6.07) is 16.8. The van der Waals surface area contributed by atoms with Crippen molar-refractivity contribution in [1.29, 1.82) is 0 Å². The molecule has 0 spiro atoms. The molecule has 23 heavy (non-hydrogen) atoms. The van der Waals surface area contributed by atoms with Crippen molar-refractivity contribution in [2.75, 3.05) is 13.1 Å². The molecule has 2 atom stereocenters. The molecule has 2 aromatic rings. The van der Waals surface area contributed by atoms with E-state index < -0.39 is 5.97 Å². The lowest BCUT2D eigenvalue weighted by atomic mass is 9.95. The summed E-state index contributed by atoms with van der Waals surface area (Å²) in [5, 5.41) is 9.28. The van der Waals surface area contributed by atoms with Crippen LogP contribution in [-0.4, -0.2) is 35.0 Å². The Labute approximate surface area is 134 Å². The van der Waals surface area contributed by atoms with Crippen LogP contribution in [0, 0.1) is 5.92 Å². The number of amides is 1. The van der Waals surface area contributed by atoms with Gasteiger partial charge in [0.2, 0.25) is 0 Å². The summed E-state index contributed by atoms with van der Waals surface area (Å²) in [7, 11) is 0. The van der Waals surface area contributed by atoms with Gasteiger partial charge in [0.1, 0.15) is 0 Å². The van der Waals surface area contributed by atoms with Crippen LogP contribution >= 0.6 is 0 Å². The third-order valence-electron chi connectivity index (χ3n) is 5.17. The van der Waals surface area contributed by atoms with E-state index >= 15 is 0 Å². The van der Waals surface area contributed by atoms with Gasteiger partial charge in [-0.2, -0.15) is 0 Å². The summed E-state index contributed by atoms with van der Waals surface area (Å²) in [5.74, 6) is -0.743. The third kappa shape index (κ3) is 2.13. The van der Waals surface area contributed by atoms with Crippen LogP contribution in [-0.2, 0) is 5.41 Å². The highest BCUT2D eigenvalue weighted by Crippen LogP contribution is 2.59. The summed E-state index contributed by atoms with van der Waals surface area (Å²) in [6.07, 6.45) is 1.11. The van der Waals surface area contributed by atoms with Crippen molar-refractivity contribution in [2.45, 2.75) is 11.8 Å². The van der Waals surface area contributed by atoms with Crippen LogP contribution in [0.1, 0.15) is 32.7 Å². The van der Waals surface area contributed by atoms with Crippen LogP contribution in [0.5, 0.6) is 0 Å². The molecular formula is C19H17NO3. The Morgan fingerprint density at radius 2 is 1.65 bits per heavy atom. The maximum atomic E-state index is 12.8. The average Bonchev–Trinajstić information content (AvgIpc) is 3.16. The molecule has 4 nitrogen and oxygen atoms in total. The van der Waals surface area contributed by atoms with Crippen molar-refractivity contribution in [3.63, 3.8) is 0 Å². The highest BCUT2D eigenvalue weighted by atomic mass is 16.4. The van der Waals surface area contributed by atoms with Gasteiger partial charge in [0, 0.05) is 18.5 Å². The molecule has 116 valence electrons. The Morgan fingerprint density at radius 1 is 1.00 bits per heavy atom. The zero-order valence-corrected chi connectivity index (χ0v) is 12.6. The van der Waals surface area contributed by atoms with E-state index in [2.05, 4.69) is 12.1 Å². The fraction of sp³-hybridized carbons (Fsp3) is 0.263. The maximum absolute atomic E-state index is 12.8. The average molecular weight is 307 g/mol. The number of nitrogens with zero attached hydrogens (tertiary/aromatic N) is 1. The van der Waals surface area contributed by atoms with E-state index in [-0.39, 0.29) is 22.4 Å². The second-order valence-corrected chi connectivity index (χ2v) is 6.46. The number of hydrogen-bond donors (Lipinski definition) is 1. The topological polar surface area (TPSA) is 57.6 Å². The highest BCUT2D eigenvalue weighted by molar-refractivity contribution is 6.05. The van der Waals surface area contributed by atoms with Gasteiger partial charge in [-0.15, -0.1) is 0 Å². The number of hydrogen-bond acceptors (Lipinski definition) is 2. The van der Waals surface area contributed by atoms with Crippen LogP contribution in [0.4, 0.5) is 0 Å². The molecule has 0 radical (unpaired) electrons. The third-order valence-corrected chi connectivity index (χ3v) is 5.17. The fourth-order valence-electron chi connectivity index (χ4n) is 3.88. The molecule has 4 rings (SSSR count). The van der Waals surface area contributed by atoms with Gasteiger partial charge in [0.25, 0.3) is 5.91 Å². The number of carbonyl (C=O) groups excluding carboxylic acids is 1. The Morgan fingerprint density at radius 3 is 2.35 bits per heavy atom. The molecular weight excluding hydrogens is 290 g/mol. The smallest absolute Gasteiger partial charge is 0.336 e. The molecule has 1 saturated heterocycles. The number of piperidine rings is 1. The predicted molar refractivity (Wildman–Crippen MR) is 85.5 cm³/mol. The Kier molecular flexibility index (Phi) is 3.01. The minimum atomic E-state index is -1.06. The minimum Gasteiger partial charge on any atom is -0.478 e. The van der Waals surface area contributed by atoms with E-state index in [4.69, 9.17) is 0 Å². The maximum Gasteiger partial charge on any atom is 0.336 e. The van der Waals surface area contributed by atoms with Crippen molar-refractivity contribution in [3.8, 4) is 0 Å². The molecule has 0 aromatic heterocycles. The molecule has 1 saturated carbocycles. The molecule has 0 bridgehead atoms. The Hall–Kier alpha value is -2.62. The van der Waals surface area contributed by atoms with Crippen LogP contribution in [0.2, 0.25) is 0 Å². The lowest BCUT2D eigenvalue weighted by Gasteiger charge is -2.22. The summed E-state index contributed by atoms with van der Waals surface area (Å²) < 4.78 is 0. The van der Waals surface area contributed by atoms with Crippen molar-refractivity contribution in [3.05, 3.63) is 71.3 Å². The van der Waals surface area contributed by atoms with Crippen molar-refractivity contribution >= 4 is 11.9 Å². The Balaban J connectivity index is 1.60. The highest BCUT2D eigenvalue weighted by Gasteiger charge is 2.61. The molecule has 1 amide bonds. The number of carboxylic acid groups (broad SMARTS) is 1. The fourth-order valence-corrected chi connectivity index (χ4v) is 3.88. The van der Waals surface area contributed by atoms with Crippen LogP contribution in [0.15, 0.2) is 54.6 Å². The first-order chi connectivity index (χ1) is 11.1.